The Labute approximate surface area is 249 Å². The van der Waals surface area contributed by atoms with Crippen molar-refractivity contribution in [2.45, 2.75) is 44.1 Å². The van der Waals surface area contributed by atoms with Crippen LogP contribution in [-0.4, -0.2) is 64.0 Å². The first-order valence-electron chi connectivity index (χ1n) is 14.2. The normalized spacial score (nSPS) is 21.8. The Bertz CT molecular complexity index is 1380. The minimum atomic E-state index is -4.46. The lowest BCUT2D eigenvalue weighted by Crippen LogP contribution is -2.40. The highest BCUT2D eigenvalue weighted by Gasteiger charge is 2.33. The summed E-state index contributed by atoms with van der Waals surface area (Å²) in [6.07, 6.45) is -4.34. The van der Waals surface area contributed by atoms with E-state index in [0.29, 0.717) is 55.7 Å². The van der Waals surface area contributed by atoms with Crippen molar-refractivity contribution in [2.24, 2.45) is 11.8 Å². The van der Waals surface area contributed by atoms with Gasteiger partial charge in [0.1, 0.15) is 6.17 Å². The molecular weight excluding hydrogens is 588 g/mol. The number of carbonyl (C=O) groups excluding carboxylic acids is 2. The standard InChI is InChI=1S/C30H36F4N4O4S/c1-2-43(41,42)37-17-21-12-14-38(19-21)29(40)23-7-5-22(6-8-23)26(15-24-18-35-13-11-27(24)31)28(39)36-16-20-3-9-25(10-4-20)30(32,33)34/h2-10,21,24,26-27,35,37H,1,11-19H2,(H,36,39)/t21-,24?,26?,27?/m0/s1. The van der Waals surface area contributed by atoms with Crippen molar-refractivity contribution < 1.29 is 35.6 Å². The molecule has 0 aromatic heterocycles. The fraction of sp³-hybridized carbons (Fsp3) is 0.467. The maximum atomic E-state index is 14.7. The van der Waals surface area contributed by atoms with Crippen molar-refractivity contribution in [3.8, 4) is 0 Å². The smallest absolute Gasteiger partial charge is 0.351 e. The Balaban J connectivity index is 1.43. The third-order valence-electron chi connectivity index (χ3n) is 8.04. The SMILES string of the molecule is C=CS(=O)(=O)NC[C@@H]1CCN(C(=O)c2ccc(C(CC3CNCCC3F)C(=O)NCc3ccc(C(F)(F)F)cc3)cc2)C1. The van der Waals surface area contributed by atoms with E-state index in [-0.39, 0.29) is 37.2 Å². The molecule has 4 rings (SSSR count). The Morgan fingerprint density at radius 2 is 1.79 bits per heavy atom. The first kappa shape index (κ1) is 32.6. The molecule has 0 radical (unpaired) electrons. The Morgan fingerprint density at radius 3 is 2.42 bits per heavy atom. The number of hydrogen-bond acceptors (Lipinski definition) is 5. The number of carbonyl (C=O) groups is 2. The topological polar surface area (TPSA) is 108 Å². The maximum Gasteiger partial charge on any atom is 0.416 e. The molecule has 0 spiro atoms. The predicted octanol–water partition coefficient (Wildman–Crippen LogP) is 3.97. The van der Waals surface area contributed by atoms with E-state index in [1.165, 1.54) is 12.1 Å². The first-order valence-corrected chi connectivity index (χ1v) is 15.7. The van der Waals surface area contributed by atoms with Crippen LogP contribution in [0, 0.1) is 11.8 Å². The molecule has 43 heavy (non-hydrogen) atoms. The van der Waals surface area contributed by atoms with Gasteiger partial charge in [-0.25, -0.2) is 17.5 Å². The lowest BCUT2D eigenvalue weighted by Gasteiger charge is -2.30. The molecule has 2 heterocycles. The van der Waals surface area contributed by atoms with Crippen LogP contribution in [0.3, 0.4) is 0 Å². The number of rotatable bonds is 11. The second-order valence-electron chi connectivity index (χ2n) is 11.1. The zero-order valence-electron chi connectivity index (χ0n) is 23.6. The molecule has 2 amide bonds. The van der Waals surface area contributed by atoms with Gasteiger partial charge in [-0.3, -0.25) is 9.59 Å². The van der Waals surface area contributed by atoms with Gasteiger partial charge in [0, 0.05) is 49.6 Å². The van der Waals surface area contributed by atoms with Gasteiger partial charge in [-0.05, 0) is 67.1 Å². The van der Waals surface area contributed by atoms with E-state index < -0.39 is 39.8 Å². The minimum Gasteiger partial charge on any atom is -0.351 e. The quantitative estimate of drug-likeness (QED) is 0.328. The van der Waals surface area contributed by atoms with Crippen molar-refractivity contribution in [1.82, 2.24) is 20.3 Å². The van der Waals surface area contributed by atoms with Crippen LogP contribution in [0.2, 0.25) is 0 Å². The molecule has 3 unspecified atom stereocenters. The number of alkyl halides is 4. The van der Waals surface area contributed by atoms with Gasteiger partial charge in [0.15, 0.2) is 0 Å². The second kappa shape index (κ2) is 14.0. The molecule has 234 valence electrons. The molecule has 2 saturated heterocycles. The molecule has 0 aliphatic carbocycles. The Hall–Kier alpha value is -3.29. The molecule has 2 aromatic carbocycles. The lowest BCUT2D eigenvalue weighted by atomic mass is 9.83. The third-order valence-corrected chi connectivity index (χ3v) is 9.05. The summed E-state index contributed by atoms with van der Waals surface area (Å²) < 4.78 is 79.1. The molecule has 4 atom stereocenters. The molecule has 0 bridgehead atoms. The van der Waals surface area contributed by atoms with E-state index in [4.69, 9.17) is 0 Å². The van der Waals surface area contributed by atoms with E-state index in [1.54, 1.807) is 29.2 Å². The molecule has 2 aliphatic rings. The number of sulfonamides is 1. The molecular formula is C30H36F4N4O4S. The van der Waals surface area contributed by atoms with Gasteiger partial charge in [-0.2, -0.15) is 13.2 Å². The largest absolute Gasteiger partial charge is 0.416 e. The van der Waals surface area contributed by atoms with Gasteiger partial charge in [0.2, 0.25) is 15.9 Å². The summed E-state index contributed by atoms with van der Waals surface area (Å²) in [6, 6.07) is 11.1. The number of piperidine rings is 1. The third kappa shape index (κ3) is 8.87. The number of nitrogens with one attached hydrogen (secondary N) is 3. The number of amides is 2. The summed E-state index contributed by atoms with van der Waals surface area (Å²) in [7, 11) is -3.55. The van der Waals surface area contributed by atoms with Gasteiger partial charge in [0.25, 0.3) is 5.91 Å². The average molecular weight is 625 g/mol. The van der Waals surface area contributed by atoms with Crippen molar-refractivity contribution in [3.63, 3.8) is 0 Å². The minimum absolute atomic E-state index is 0.00505. The van der Waals surface area contributed by atoms with E-state index in [2.05, 4.69) is 21.9 Å². The van der Waals surface area contributed by atoms with Crippen LogP contribution in [0.15, 0.2) is 60.5 Å². The van der Waals surface area contributed by atoms with Gasteiger partial charge in [-0.1, -0.05) is 30.8 Å². The number of likely N-dealkylation sites (tertiary alicyclic amines) is 1. The predicted molar refractivity (Wildman–Crippen MR) is 154 cm³/mol. The van der Waals surface area contributed by atoms with E-state index >= 15 is 0 Å². The van der Waals surface area contributed by atoms with Crippen LogP contribution in [0.1, 0.15) is 52.2 Å². The molecule has 2 aliphatic heterocycles. The number of hydrogen-bond donors (Lipinski definition) is 3. The van der Waals surface area contributed by atoms with Gasteiger partial charge in [-0.15, -0.1) is 0 Å². The van der Waals surface area contributed by atoms with E-state index in [0.717, 1.165) is 17.5 Å². The Kier molecular flexibility index (Phi) is 10.6. The zero-order valence-corrected chi connectivity index (χ0v) is 24.4. The fourth-order valence-corrected chi connectivity index (χ4v) is 6.05. The molecule has 2 aromatic rings. The van der Waals surface area contributed by atoms with Crippen LogP contribution in [0.25, 0.3) is 0 Å². The summed E-state index contributed by atoms with van der Waals surface area (Å²) in [6.45, 7) is 5.30. The van der Waals surface area contributed by atoms with Crippen LogP contribution in [-0.2, 0) is 27.5 Å². The van der Waals surface area contributed by atoms with E-state index in [1.807, 2.05) is 0 Å². The first-order chi connectivity index (χ1) is 20.4. The van der Waals surface area contributed by atoms with Crippen molar-refractivity contribution in [3.05, 3.63) is 82.8 Å². The van der Waals surface area contributed by atoms with Crippen LogP contribution < -0.4 is 15.4 Å². The van der Waals surface area contributed by atoms with Gasteiger partial charge in [0.05, 0.1) is 11.5 Å². The second-order valence-corrected chi connectivity index (χ2v) is 12.8. The number of benzene rings is 2. The van der Waals surface area contributed by atoms with Crippen LogP contribution in [0.4, 0.5) is 17.6 Å². The monoisotopic (exact) mass is 624 g/mol. The molecule has 8 nitrogen and oxygen atoms in total. The summed E-state index contributed by atoms with van der Waals surface area (Å²) in [5, 5.41) is 6.78. The number of halogens is 4. The summed E-state index contributed by atoms with van der Waals surface area (Å²) in [5.41, 5.74) is 0.709. The highest BCUT2D eigenvalue weighted by Crippen LogP contribution is 2.31. The molecule has 0 saturated carbocycles. The molecule has 3 N–H and O–H groups in total. The Morgan fingerprint density at radius 1 is 1.09 bits per heavy atom. The van der Waals surface area contributed by atoms with Crippen molar-refractivity contribution in [1.29, 1.82) is 0 Å². The van der Waals surface area contributed by atoms with Gasteiger partial charge >= 0.3 is 6.18 Å². The zero-order chi connectivity index (χ0) is 31.2. The van der Waals surface area contributed by atoms with Crippen LogP contribution >= 0.6 is 0 Å². The van der Waals surface area contributed by atoms with Crippen molar-refractivity contribution in [2.75, 3.05) is 32.7 Å². The highest BCUT2D eigenvalue weighted by atomic mass is 32.2. The van der Waals surface area contributed by atoms with Crippen molar-refractivity contribution >= 4 is 21.8 Å². The summed E-state index contributed by atoms with van der Waals surface area (Å²) in [4.78, 5) is 28.2. The average Bonchev–Trinajstić information content (AvgIpc) is 3.47. The fourth-order valence-electron chi connectivity index (χ4n) is 5.46. The lowest BCUT2D eigenvalue weighted by molar-refractivity contribution is -0.137. The summed E-state index contributed by atoms with van der Waals surface area (Å²) in [5.74, 6) is -1.79. The number of nitrogens with zero attached hydrogens (tertiary/aromatic N) is 1. The van der Waals surface area contributed by atoms with Crippen LogP contribution in [0.5, 0.6) is 0 Å². The highest BCUT2D eigenvalue weighted by molar-refractivity contribution is 7.92. The molecule has 13 heteroatoms. The van der Waals surface area contributed by atoms with E-state index in [9.17, 15) is 35.6 Å². The maximum absolute atomic E-state index is 14.7. The summed E-state index contributed by atoms with van der Waals surface area (Å²) >= 11 is 0. The van der Waals surface area contributed by atoms with Gasteiger partial charge < -0.3 is 15.5 Å². The molecule has 2 fully saturated rings.